The molecule has 10 heteroatoms. The van der Waals surface area contributed by atoms with Crippen LogP contribution in [0.1, 0.15) is 16.8 Å². The Balaban J connectivity index is 1.53. The van der Waals surface area contributed by atoms with E-state index < -0.39 is 18.6 Å². The zero-order valence-corrected chi connectivity index (χ0v) is 15.7. The summed E-state index contributed by atoms with van der Waals surface area (Å²) in [5, 5.41) is 4.39. The highest BCUT2D eigenvalue weighted by atomic mass is 19.4. The average molecular weight is 421 g/mol. The summed E-state index contributed by atoms with van der Waals surface area (Å²) in [7, 11) is 0. The zero-order chi connectivity index (χ0) is 21.7. The quantitative estimate of drug-likeness (QED) is 0.751. The lowest BCUT2D eigenvalue weighted by Crippen LogP contribution is -2.40. The van der Waals surface area contributed by atoms with Crippen molar-refractivity contribution in [1.82, 2.24) is 5.32 Å². The van der Waals surface area contributed by atoms with Gasteiger partial charge in [0.15, 0.2) is 6.61 Å². The maximum absolute atomic E-state index is 12.2. The van der Waals surface area contributed by atoms with Crippen LogP contribution >= 0.6 is 0 Å². The van der Waals surface area contributed by atoms with Crippen LogP contribution in [0.15, 0.2) is 48.5 Å². The number of nitrogens with zero attached hydrogens (tertiary/aromatic N) is 1. The molecule has 0 bridgehead atoms. The average Bonchev–Trinajstić information content (AvgIpc) is 2.71. The molecule has 3 rings (SSSR count). The fourth-order valence-corrected chi connectivity index (χ4v) is 2.82. The number of hydrogen-bond donors (Lipinski definition) is 2. The standard InChI is InChI=1S/C20H18F3N3O4/c21-20(22,23)12-24-19(29)13-5-7-14(8-6-13)25-17(27)9-10-26-15-3-1-2-4-16(15)30-11-18(26)28/h1-8H,9-12H2,(H,24,29)(H,25,27). The number of carbonyl (C=O) groups excluding carboxylic acids is 3. The summed E-state index contributed by atoms with van der Waals surface area (Å²) in [6.07, 6.45) is -4.47. The lowest BCUT2D eigenvalue weighted by molar-refractivity contribution is -0.123. The normalized spacial score (nSPS) is 13.3. The van der Waals surface area contributed by atoms with Gasteiger partial charge in [0.25, 0.3) is 11.8 Å². The third-order valence-corrected chi connectivity index (χ3v) is 4.25. The molecule has 1 aliphatic heterocycles. The monoisotopic (exact) mass is 421 g/mol. The summed E-state index contributed by atoms with van der Waals surface area (Å²) < 4.78 is 41.8. The highest BCUT2D eigenvalue weighted by Gasteiger charge is 2.28. The molecule has 3 amide bonds. The Hall–Kier alpha value is -3.56. The van der Waals surface area contributed by atoms with Gasteiger partial charge in [0.2, 0.25) is 5.91 Å². The van der Waals surface area contributed by atoms with Gasteiger partial charge in [0.05, 0.1) is 5.69 Å². The number of benzene rings is 2. The summed E-state index contributed by atoms with van der Waals surface area (Å²) >= 11 is 0. The number of nitrogens with one attached hydrogen (secondary N) is 2. The molecule has 0 unspecified atom stereocenters. The van der Waals surface area contributed by atoms with E-state index in [0.717, 1.165) is 0 Å². The van der Waals surface area contributed by atoms with Gasteiger partial charge in [-0.05, 0) is 36.4 Å². The van der Waals surface area contributed by atoms with E-state index in [0.29, 0.717) is 17.1 Å². The van der Waals surface area contributed by atoms with Crippen LogP contribution in [-0.2, 0) is 9.59 Å². The molecule has 2 aromatic rings. The molecule has 0 aliphatic carbocycles. The van der Waals surface area contributed by atoms with E-state index in [1.807, 2.05) is 0 Å². The van der Waals surface area contributed by atoms with E-state index in [1.54, 1.807) is 29.6 Å². The van der Waals surface area contributed by atoms with Gasteiger partial charge in [-0.3, -0.25) is 14.4 Å². The molecule has 0 atom stereocenters. The van der Waals surface area contributed by atoms with Crippen LogP contribution in [0.5, 0.6) is 5.75 Å². The second kappa shape index (κ2) is 8.85. The molecule has 0 aromatic heterocycles. The number of carbonyl (C=O) groups is 3. The van der Waals surface area contributed by atoms with Gasteiger partial charge in [-0.15, -0.1) is 0 Å². The topological polar surface area (TPSA) is 87.7 Å². The van der Waals surface area contributed by atoms with Crippen molar-refractivity contribution in [2.75, 3.05) is 29.9 Å². The molecule has 2 aromatic carbocycles. The van der Waals surface area contributed by atoms with Crippen LogP contribution < -0.4 is 20.3 Å². The number of ether oxygens (including phenoxy) is 1. The third kappa shape index (κ3) is 5.49. The number of fused-ring (bicyclic) bond motifs is 1. The van der Waals surface area contributed by atoms with Crippen molar-refractivity contribution in [3.05, 3.63) is 54.1 Å². The molecular weight excluding hydrogens is 403 g/mol. The zero-order valence-electron chi connectivity index (χ0n) is 15.7. The molecule has 0 saturated heterocycles. The molecule has 0 radical (unpaired) electrons. The number of alkyl halides is 3. The van der Waals surface area contributed by atoms with Crippen molar-refractivity contribution < 1.29 is 32.3 Å². The Bertz CT molecular complexity index is 945. The Kier molecular flexibility index (Phi) is 6.24. The molecule has 1 heterocycles. The van der Waals surface area contributed by atoms with E-state index in [9.17, 15) is 27.6 Å². The first-order valence-electron chi connectivity index (χ1n) is 9.00. The molecular formula is C20H18F3N3O4. The fraction of sp³-hybridized carbons (Fsp3) is 0.250. The molecule has 158 valence electrons. The van der Waals surface area contributed by atoms with Crippen LogP contribution in [0.25, 0.3) is 0 Å². The van der Waals surface area contributed by atoms with Gasteiger partial charge >= 0.3 is 6.18 Å². The van der Waals surface area contributed by atoms with Crippen LogP contribution in [0.4, 0.5) is 24.5 Å². The Labute approximate surface area is 169 Å². The van der Waals surface area contributed by atoms with E-state index in [-0.39, 0.29) is 37.0 Å². The minimum atomic E-state index is -4.49. The van der Waals surface area contributed by atoms with Gasteiger partial charge in [-0.1, -0.05) is 12.1 Å². The smallest absolute Gasteiger partial charge is 0.405 e. The molecule has 30 heavy (non-hydrogen) atoms. The van der Waals surface area contributed by atoms with E-state index in [2.05, 4.69) is 5.32 Å². The fourth-order valence-electron chi connectivity index (χ4n) is 2.82. The molecule has 0 saturated carbocycles. The van der Waals surface area contributed by atoms with Crippen LogP contribution in [0, 0.1) is 0 Å². The number of para-hydroxylation sites is 2. The summed E-state index contributed by atoms with van der Waals surface area (Å²) in [4.78, 5) is 37.5. The first-order chi connectivity index (χ1) is 14.2. The number of halogens is 3. The highest BCUT2D eigenvalue weighted by molar-refractivity contribution is 5.99. The van der Waals surface area contributed by atoms with Crippen molar-refractivity contribution in [3.8, 4) is 5.75 Å². The summed E-state index contributed by atoms with van der Waals surface area (Å²) in [5.74, 6) is -0.914. The first kappa shape index (κ1) is 21.2. The van der Waals surface area contributed by atoms with Gasteiger partial charge in [0, 0.05) is 24.2 Å². The Morgan fingerprint density at radius 2 is 1.77 bits per heavy atom. The third-order valence-electron chi connectivity index (χ3n) is 4.25. The van der Waals surface area contributed by atoms with Crippen LogP contribution in [0.3, 0.4) is 0 Å². The minimum absolute atomic E-state index is 0.0217. The largest absolute Gasteiger partial charge is 0.482 e. The summed E-state index contributed by atoms with van der Waals surface area (Å²) in [6, 6.07) is 12.5. The number of rotatable bonds is 6. The van der Waals surface area contributed by atoms with Crippen molar-refractivity contribution in [2.45, 2.75) is 12.6 Å². The maximum atomic E-state index is 12.2. The van der Waals surface area contributed by atoms with Crippen LogP contribution in [0.2, 0.25) is 0 Å². The summed E-state index contributed by atoms with van der Waals surface area (Å²) in [6.45, 7) is -1.37. The minimum Gasteiger partial charge on any atom is -0.482 e. The number of hydrogen-bond acceptors (Lipinski definition) is 4. The highest BCUT2D eigenvalue weighted by Crippen LogP contribution is 2.31. The van der Waals surface area contributed by atoms with Crippen molar-refractivity contribution >= 4 is 29.1 Å². The van der Waals surface area contributed by atoms with Crippen molar-refractivity contribution in [1.29, 1.82) is 0 Å². The van der Waals surface area contributed by atoms with E-state index in [4.69, 9.17) is 4.74 Å². The number of anilines is 2. The predicted octanol–water partition coefficient (Wildman–Crippen LogP) is 2.73. The molecule has 0 fully saturated rings. The van der Waals surface area contributed by atoms with Gasteiger partial charge in [-0.25, -0.2) is 0 Å². The van der Waals surface area contributed by atoms with Gasteiger partial charge in [0.1, 0.15) is 12.3 Å². The van der Waals surface area contributed by atoms with Crippen LogP contribution in [-0.4, -0.2) is 43.6 Å². The maximum Gasteiger partial charge on any atom is 0.405 e. The Morgan fingerprint density at radius 1 is 1.07 bits per heavy atom. The van der Waals surface area contributed by atoms with Crippen molar-refractivity contribution in [3.63, 3.8) is 0 Å². The first-order valence-corrected chi connectivity index (χ1v) is 9.00. The Morgan fingerprint density at radius 3 is 2.47 bits per heavy atom. The SMILES string of the molecule is O=C(CCN1C(=O)COc2ccccc21)Nc1ccc(C(=O)NCC(F)(F)F)cc1. The molecule has 2 N–H and O–H groups in total. The molecule has 0 spiro atoms. The summed E-state index contributed by atoms with van der Waals surface area (Å²) in [5.41, 5.74) is 1.00. The molecule has 1 aliphatic rings. The molecule has 7 nitrogen and oxygen atoms in total. The second-order valence-electron chi connectivity index (χ2n) is 6.48. The predicted molar refractivity (Wildman–Crippen MR) is 102 cm³/mol. The second-order valence-corrected chi connectivity index (χ2v) is 6.48. The lowest BCUT2D eigenvalue weighted by Gasteiger charge is -2.29. The van der Waals surface area contributed by atoms with Gasteiger partial charge in [-0.2, -0.15) is 13.2 Å². The van der Waals surface area contributed by atoms with E-state index >= 15 is 0 Å². The van der Waals surface area contributed by atoms with Gasteiger partial charge < -0.3 is 20.3 Å². The number of amides is 3. The van der Waals surface area contributed by atoms with E-state index in [1.165, 1.54) is 29.2 Å². The van der Waals surface area contributed by atoms with Crippen molar-refractivity contribution in [2.24, 2.45) is 0 Å². The lowest BCUT2D eigenvalue weighted by atomic mass is 10.2.